The van der Waals surface area contributed by atoms with Crippen molar-refractivity contribution in [3.63, 3.8) is 0 Å². The van der Waals surface area contributed by atoms with E-state index in [-0.39, 0.29) is 5.69 Å². The van der Waals surface area contributed by atoms with Gasteiger partial charge in [0.25, 0.3) is 0 Å². The lowest BCUT2D eigenvalue weighted by Crippen LogP contribution is -2.37. The highest BCUT2D eigenvalue weighted by atomic mass is 79.9. The predicted octanol–water partition coefficient (Wildman–Crippen LogP) is 3.13. The number of hydrogen-bond donors (Lipinski definition) is 1. The lowest BCUT2D eigenvalue weighted by Gasteiger charge is -2.22. The van der Waals surface area contributed by atoms with Crippen LogP contribution in [0.1, 0.15) is 0 Å². The Kier molecular flexibility index (Phi) is 5.55. The minimum Gasteiger partial charge on any atom is -0.325 e. The average Bonchev–Trinajstić information content (AvgIpc) is 2.49. The number of nitrogens with one attached hydrogen (secondary N) is 1. The summed E-state index contributed by atoms with van der Waals surface area (Å²) in [5.74, 6) is -2.92. The van der Waals surface area contributed by atoms with Crippen LogP contribution in [0.15, 0.2) is 46.9 Å². The van der Waals surface area contributed by atoms with Crippen LogP contribution in [0, 0.1) is 11.6 Å². The van der Waals surface area contributed by atoms with Crippen molar-refractivity contribution in [1.82, 2.24) is 0 Å². The molecular formula is C15H13BrF2N2O3S. The summed E-state index contributed by atoms with van der Waals surface area (Å²) in [6.07, 6.45) is 0.876. The SMILES string of the molecule is CS(=O)(=O)N(CC(=O)Nc1ccc(Br)cc1)c1ccc(F)c(F)c1. The van der Waals surface area contributed by atoms with Gasteiger partial charge in [-0.15, -0.1) is 0 Å². The highest BCUT2D eigenvalue weighted by Gasteiger charge is 2.22. The minimum atomic E-state index is -3.87. The highest BCUT2D eigenvalue weighted by molar-refractivity contribution is 9.10. The van der Waals surface area contributed by atoms with E-state index in [0.717, 1.165) is 28.9 Å². The number of carbonyl (C=O) groups excluding carboxylic acids is 1. The van der Waals surface area contributed by atoms with Crippen molar-refractivity contribution in [2.75, 3.05) is 22.4 Å². The maximum Gasteiger partial charge on any atom is 0.245 e. The third-order valence-corrected chi connectivity index (χ3v) is 4.68. The predicted molar refractivity (Wildman–Crippen MR) is 91.3 cm³/mol. The normalized spacial score (nSPS) is 11.2. The van der Waals surface area contributed by atoms with E-state index in [1.165, 1.54) is 0 Å². The molecule has 9 heteroatoms. The largest absolute Gasteiger partial charge is 0.325 e. The van der Waals surface area contributed by atoms with Crippen LogP contribution in [0.4, 0.5) is 20.2 Å². The fraction of sp³-hybridized carbons (Fsp3) is 0.133. The van der Waals surface area contributed by atoms with Gasteiger partial charge in [-0.2, -0.15) is 0 Å². The highest BCUT2D eigenvalue weighted by Crippen LogP contribution is 2.21. The van der Waals surface area contributed by atoms with Crippen LogP contribution < -0.4 is 9.62 Å². The summed E-state index contributed by atoms with van der Waals surface area (Å²) in [6.45, 7) is -0.569. The molecule has 0 bridgehead atoms. The van der Waals surface area contributed by atoms with Crippen LogP contribution in [0.5, 0.6) is 0 Å². The number of nitrogens with zero attached hydrogens (tertiary/aromatic N) is 1. The first kappa shape index (κ1) is 18.3. The first-order valence-electron chi connectivity index (χ1n) is 6.65. The van der Waals surface area contributed by atoms with Gasteiger partial charge >= 0.3 is 0 Å². The Labute approximate surface area is 146 Å². The van der Waals surface area contributed by atoms with Gasteiger partial charge < -0.3 is 5.32 Å². The fourth-order valence-corrected chi connectivity index (χ4v) is 3.02. The number of amides is 1. The number of rotatable bonds is 5. The van der Waals surface area contributed by atoms with Gasteiger partial charge in [0.15, 0.2) is 11.6 Å². The Morgan fingerprint density at radius 1 is 1.12 bits per heavy atom. The molecular weight excluding hydrogens is 406 g/mol. The van der Waals surface area contributed by atoms with E-state index in [4.69, 9.17) is 0 Å². The zero-order chi connectivity index (χ0) is 17.9. The van der Waals surface area contributed by atoms with Gasteiger partial charge in [-0.05, 0) is 36.4 Å². The Hall–Kier alpha value is -2.00. The molecule has 2 aromatic rings. The summed E-state index contributed by atoms with van der Waals surface area (Å²) in [5.41, 5.74) is 0.337. The molecule has 0 spiro atoms. The molecule has 24 heavy (non-hydrogen) atoms. The van der Waals surface area contributed by atoms with E-state index in [0.29, 0.717) is 9.99 Å². The second-order valence-corrected chi connectivity index (χ2v) is 7.75. The van der Waals surface area contributed by atoms with Crippen LogP contribution in [0.25, 0.3) is 0 Å². The van der Waals surface area contributed by atoms with Gasteiger partial charge in [0.1, 0.15) is 6.54 Å². The van der Waals surface area contributed by atoms with E-state index in [9.17, 15) is 22.0 Å². The number of anilines is 2. The maximum atomic E-state index is 13.3. The molecule has 0 aliphatic rings. The molecule has 0 atom stereocenters. The first-order valence-corrected chi connectivity index (χ1v) is 9.29. The van der Waals surface area contributed by atoms with Crippen LogP contribution in [-0.4, -0.2) is 27.1 Å². The molecule has 0 saturated heterocycles. The second kappa shape index (κ2) is 7.27. The molecule has 0 radical (unpaired) electrons. The van der Waals surface area contributed by atoms with Crippen molar-refractivity contribution in [2.45, 2.75) is 0 Å². The lowest BCUT2D eigenvalue weighted by atomic mass is 10.3. The summed E-state index contributed by atoms with van der Waals surface area (Å²) >= 11 is 3.25. The van der Waals surface area contributed by atoms with E-state index < -0.39 is 34.1 Å². The Bertz CT molecular complexity index is 858. The number of carbonyl (C=O) groups is 1. The molecule has 0 aliphatic carbocycles. The quantitative estimate of drug-likeness (QED) is 0.810. The summed E-state index contributed by atoms with van der Waals surface area (Å²) in [5, 5.41) is 2.53. The molecule has 0 aliphatic heterocycles. The van der Waals surface area contributed by atoms with Gasteiger partial charge in [-0.1, -0.05) is 15.9 Å². The summed E-state index contributed by atoms with van der Waals surface area (Å²) in [7, 11) is -3.87. The average molecular weight is 419 g/mol. The third kappa shape index (κ3) is 4.75. The smallest absolute Gasteiger partial charge is 0.245 e. The number of benzene rings is 2. The Morgan fingerprint density at radius 3 is 2.29 bits per heavy atom. The van der Waals surface area contributed by atoms with Crippen LogP contribution in [0.3, 0.4) is 0 Å². The van der Waals surface area contributed by atoms with Gasteiger partial charge in [0, 0.05) is 16.2 Å². The van der Waals surface area contributed by atoms with E-state index in [1.807, 2.05) is 0 Å². The van der Waals surface area contributed by atoms with Gasteiger partial charge in [-0.25, -0.2) is 17.2 Å². The zero-order valence-corrected chi connectivity index (χ0v) is 14.9. The van der Waals surface area contributed by atoms with Crippen LogP contribution in [-0.2, 0) is 14.8 Å². The second-order valence-electron chi connectivity index (χ2n) is 4.92. The molecule has 1 N–H and O–H groups in total. The van der Waals surface area contributed by atoms with Crippen LogP contribution >= 0.6 is 15.9 Å². The van der Waals surface area contributed by atoms with Crippen molar-refractivity contribution in [2.24, 2.45) is 0 Å². The molecule has 2 aromatic carbocycles. The van der Waals surface area contributed by atoms with Gasteiger partial charge in [0.05, 0.1) is 11.9 Å². The fourth-order valence-electron chi connectivity index (χ4n) is 1.90. The van der Waals surface area contributed by atoms with E-state index in [1.54, 1.807) is 24.3 Å². The molecule has 2 rings (SSSR count). The monoisotopic (exact) mass is 418 g/mol. The van der Waals surface area contributed by atoms with Gasteiger partial charge in [-0.3, -0.25) is 9.10 Å². The number of halogens is 3. The molecule has 0 unspecified atom stereocenters. The number of hydrogen-bond acceptors (Lipinski definition) is 3. The van der Waals surface area contributed by atoms with Crippen LogP contribution in [0.2, 0.25) is 0 Å². The molecule has 0 heterocycles. The van der Waals surface area contributed by atoms with Gasteiger partial charge in [0.2, 0.25) is 15.9 Å². The van der Waals surface area contributed by atoms with E-state index >= 15 is 0 Å². The summed E-state index contributed by atoms with van der Waals surface area (Å²) < 4.78 is 51.6. The third-order valence-electron chi connectivity index (χ3n) is 3.01. The van der Waals surface area contributed by atoms with Crippen molar-refractivity contribution >= 4 is 43.2 Å². The molecule has 0 aromatic heterocycles. The molecule has 0 fully saturated rings. The molecule has 5 nitrogen and oxygen atoms in total. The lowest BCUT2D eigenvalue weighted by molar-refractivity contribution is -0.114. The van der Waals surface area contributed by atoms with Crippen molar-refractivity contribution in [1.29, 1.82) is 0 Å². The zero-order valence-electron chi connectivity index (χ0n) is 12.5. The maximum absolute atomic E-state index is 13.3. The molecule has 0 saturated carbocycles. The van der Waals surface area contributed by atoms with E-state index in [2.05, 4.69) is 21.2 Å². The van der Waals surface area contributed by atoms with Crippen molar-refractivity contribution in [3.05, 3.63) is 58.6 Å². The molecule has 1 amide bonds. The molecule has 128 valence electrons. The number of sulfonamides is 1. The summed E-state index contributed by atoms with van der Waals surface area (Å²) in [6, 6.07) is 9.29. The topological polar surface area (TPSA) is 66.5 Å². The first-order chi connectivity index (χ1) is 11.2. The Morgan fingerprint density at radius 2 is 1.75 bits per heavy atom. The van der Waals surface area contributed by atoms with Crippen molar-refractivity contribution in [3.8, 4) is 0 Å². The van der Waals surface area contributed by atoms with Crippen molar-refractivity contribution < 1.29 is 22.0 Å². The Balaban J connectivity index is 2.21. The summed E-state index contributed by atoms with van der Waals surface area (Å²) in [4.78, 5) is 12.1. The minimum absolute atomic E-state index is 0.137. The standard InChI is InChI=1S/C15H13BrF2N2O3S/c1-24(22,23)20(12-6-7-13(17)14(18)8-12)9-15(21)19-11-4-2-10(16)3-5-11/h2-8H,9H2,1H3,(H,19,21).